The summed E-state index contributed by atoms with van der Waals surface area (Å²) < 4.78 is 67.0. The number of amides is 3. The minimum absolute atomic E-state index is 0.156. The number of rotatable bonds is 7. The van der Waals surface area contributed by atoms with Crippen LogP contribution in [0.15, 0.2) is 29.2 Å². The summed E-state index contributed by atoms with van der Waals surface area (Å²) in [5, 5.41) is 2.51. The number of sulfonamides is 1. The topological polar surface area (TPSA) is 125 Å². The summed E-state index contributed by atoms with van der Waals surface area (Å²) in [6.45, 7) is 3.99. The molecule has 0 aromatic heterocycles. The number of ether oxygens (including phenoxy) is 1. The van der Waals surface area contributed by atoms with Gasteiger partial charge in [0.2, 0.25) is 15.9 Å². The SMILES string of the molecule is CC(C)NC(=O)C(=O)N1CCN(C(=O)CCNS(=O)(=O)c2ccc(OC(F)(F)F)cc2)CC1. The maximum Gasteiger partial charge on any atom is 0.573 e. The van der Waals surface area contributed by atoms with E-state index in [2.05, 4.69) is 14.8 Å². The van der Waals surface area contributed by atoms with Crippen LogP contribution < -0.4 is 14.8 Å². The van der Waals surface area contributed by atoms with Crippen molar-refractivity contribution in [3.8, 4) is 5.75 Å². The molecule has 14 heteroatoms. The highest BCUT2D eigenvalue weighted by molar-refractivity contribution is 7.89. The molecule has 0 unspecified atom stereocenters. The van der Waals surface area contributed by atoms with Crippen LogP contribution in [0.2, 0.25) is 0 Å². The van der Waals surface area contributed by atoms with Crippen molar-refractivity contribution in [1.29, 1.82) is 0 Å². The standard InChI is InChI=1S/C19H25F3N4O6S/c1-13(2)24-17(28)18(29)26-11-9-25(10-12-26)16(27)7-8-23-33(30,31)15-5-3-14(4-6-15)32-19(20,21)22/h3-6,13,23H,7-12H2,1-2H3,(H,24,28). The minimum Gasteiger partial charge on any atom is -0.406 e. The molecule has 1 fully saturated rings. The number of carbonyl (C=O) groups is 3. The molecular weight excluding hydrogens is 469 g/mol. The second kappa shape index (κ2) is 10.8. The Balaban J connectivity index is 1.80. The summed E-state index contributed by atoms with van der Waals surface area (Å²) >= 11 is 0. The van der Waals surface area contributed by atoms with E-state index in [4.69, 9.17) is 0 Å². The lowest BCUT2D eigenvalue weighted by molar-refractivity contribution is -0.274. The highest BCUT2D eigenvalue weighted by Gasteiger charge is 2.31. The molecule has 33 heavy (non-hydrogen) atoms. The summed E-state index contributed by atoms with van der Waals surface area (Å²) in [6, 6.07) is 3.47. The number of halogens is 3. The molecule has 0 atom stereocenters. The number of hydrogen-bond donors (Lipinski definition) is 2. The maximum absolute atomic E-state index is 12.3. The number of carbonyl (C=O) groups excluding carboxylic acids is 3. The van der Waals surface area contributed by atoms with E-state index in [1.54, 1.807) is 13.8 Å². The molecule has 1 aliphatic rings. The maximum atomic E-state index is 12.3. The Morgan fingerprint density at radius 1 is 1.03 bits per heavy atom. The van der Waals surface area contributed by atoms with E-state index in [1.165, 1.54) is 9.80 Å². The largest absolute Gasteiger partial charge is 0.573 e. The van der Waals surface area contributed by atoms with Gasteiger partial charge in [-0.1, -0.05) is 0 Å². The minimum atomic E-state index is -4.89. The Bertz CT molecular complexity index is 959. The van der Waals surface area contributed by atoms with Crippen molar-refractivity contribution in [2.45, 2.75) is 37.6 Å². The molecule has 1 aromatic carbocycles. The van der Waals surface area contributed by atoms with Crippen molar-refractivity contribution in [2.75, 3.05) is 32.7 Å². The molecule has 1 saturated heterocycles. The fourth-order valence-electron chi connectivity index (χ4n) is 2.98. The van der Waals surface area contributed by atoms with Crippen LogP contribution in [0.3, 0.4) is 0 Å². The van der Waals surface area contributed by atoms with E-state index >= 15 is 0 Å². The average molecular weight is 494 g/mol. The van der Waals surface area contributed by atoms with Crippen LogP contribution in [-0.4, -0.2) is 81.1 Å². The molecular formula is C19H25F3N4O6S. The number of nitrogens with one attached hydrogen (secondary N) is 2. The van der Waals surface area contributed by atoms with Gasteiger partial charge in [-0.05, 0) is 38.1 Å². The lowest BCUT2D eigenvalue weighted by Crippen LogP contribution is -2.54. The third-order valence-electron chi connectivity index (χ3n) is 4.53. The van der Waals surface area contributed by atoms with Crippen LogP contribution in [0, 0.1) is 0 Å². The summed E-state index contributed by atoms with van der Waals surface area (Å²) in [7, 11) is -4.04. The number of hydrogen-bond acceptors (Lipinski definition) is 6. The predicted octanol–water partition coefficient (Wildman–Crippen LogP) is 0.449. The van der Waals surface area contributed by atoms with Crippen molar-refractivity contribution >= 4 is 27.7 Å². The monoisotopic (exact) mass is 494 g/mol. The van der Waals surface area contributed by atoms with Crippen LogP contribution >= 0.6 is 0 Å². The number of piperazine rings is 1. The molecule has 184 valence electrons. The van der Waals surface area contributed by atoms with Crippen LogP contribution in [0.25, 0.3) is 0 Å². The number of nitrogens with zero attached hydrogens (tertiary/aromatic N) is 2. The van der Waals surface area contributed by atoms with Gasteiger partial charge in [-0.15, -0.1) is 13.2 Å². The molecule has 1 heterocycles. The van der Waals surface area contributed by atoms with E-state index in [9.17, 15) is 36.0 Å². The Morgan fingerprint density at radius 3 is 2.09 bits per heavy atom. The second-order valence-electron chi connectivity index (χ2n) is 7.47. The molecule has 1 aliphatic heterocycles. The van der Waals surface area contributed by atoms with Crippen LogP contribution in [-0.2, 0) is 24.4 Å². The molecule has 0 spiro atoms. The third-order valence-corrected chi connectivity index (χ3v) is 6.01. The smallest absolute Gasteiger partial charge is 0.406 e. The average Bonchev–Trinajstić information content (AvgIpc) is 2.72. The molecule has 0 saturated carbocycles. The summed E-state index contributed by atoms with van der Waals surface area (Å²) in [5.41, 5.74) is 0. The quantitative estimate of drug-likeness (QED) is 0.531. The zero-order valence-electron chi connectivity index (χ0n) is 18.0. The molecule has 2 rings (SSSR count). The highest BCUT2D eigenvalue weighted by atomic mass is 32.2. The van der Waals surface area contributed by atoms with E-state index in [1.807, 2.05) is 0 Å². The van der Waals surface area contributed by atoms with E-state index in [0.717, 1.165) is 24.3 Å². The second-order valence-corrected chi connectivity index (χ2v) is 9.24. The molecule has 0 bridgehead atoms. The Morgan fingerprint density at radius 2 is 1.58 bits per heavy atom. The van der Waals surface area contributed by atoms with E-state index in [-0.39, 0.29) is 56.0 Å². The van der Waals surface area contributed by atoms with E-state index in [0.29, 0.717) is 0 Å². The van der Waals surface area contributed by atoms with Crippen molar-refractivity contribution in [2.24, 2.45) is 0 Å². The Kier molecular flexibility index (Phi) is 8.66. The van der Waals surface area contributed by atoms with Crippen molar-refractivity contribution < 1.29 is 40.7 Å². The summed E-state index contributed by atoms with van der Waals surface area (Å²) in [6.07, 6.45) is -5.05. The van der Waals surface area contributed by atoms with Gasteiger partial charge in [0, 0.05) is 45.2 Å². The lowest BCUT2D eigenvalue weighted by atomic mass is 10.2. The molecule has 10 nitrogen and oxygen atoms in total. The van der Waals surface area contributed by atoms with Gasteiger partial charge in [0.15, 0.2) is 0 Å². The van der Waals surface area contributed by atoms with Crippen LogP contribution in [0.1, 0.15) is 20.3 Å². The van der Waals surface area contributed by atoms with E-state index < -0.39 is 33.9 Å². The van der Waals surface area contributed by atoms with Gasteiger partial charge in [-0.3, -0.25) is 14.4 Å². The number of benzene rings is 1. The van der Waals surface area contributed by atoms with Crippen molar-refractivity contribution in [3.05, 3.63) is 24.3 Å². The van der Waals surface area contributed by atoms with Gasteiger partial charge in [-0.25, -0.2) is 13.1 Å². The van der Waals surface area contributed by atoms with Gasteiger partial charge in [-0.2, -0.15) is 0 Å². The highest BCUT2D eigenvalue weighted by Crippen LogP contribution is 2.23. The van der Waals surface area contributed by atoms with Gasteiger partial charge in [0.25, 0.3) is 0 Å². The van der Waals surface area contributed by atoms with Crippen molar-refractivity contribution in [1.82, 2.24) is 19.8 Å². The molecule has 0 radical (unpaired) electrons. The first-order valence-corrected chi connectivity index (χ1v) is 11.5. The first kappa shape index (κ1) is 26.4. The van der Waals surface area contributed by atoms with Gasteiger partial charge in [0.1, 0.15) is 5.75 Å². The first-order chi connectivity index (χ1) is 15.3. The molecule has 3 amide bonds. The summed E-state index contributed by atoms with van der Waals surface area (Å²) in [5.74, 6) is -2.28. The van der Waals surface area contributed by atoms with Crippen LogP contribution in [0.5, 0.6) is 5.75 Å². The predicted molar refractivity (Wildman–Crippen MR) is 109 cm³/mol. The van der Waals surface area contributed by atoms with Gasteiger partial charge < -0.3 is 19.9 Å². The zero-order chi connectivity index (χ0) is 24.8. The Labute approximate surface area is 189 Å². The molecule has 2 N–H and O–H groups in total. The fraction of sp³-hybridized carbons (Fsp3) is 0.526. The summed E-state index contributed by atoms with van der Waals surface area (Å²) in [4.78, 5) is 38.7. The van der Waals surface area contributed by atoms with Gasteiger partial charge >= 0.3 is 18.2 Å². The molecule has 0 aliphatic carbocycles. The third kappa shape index (κ3) is 8.20. The first-order valence-electron chi connectivity index (χ1n) is 10.0. The fourth-order valence-corrected chi connectivity index (χ4v) is 4.01. The Hall–Kier alpha value is -2.87. The van der Waals surface area contributed by atoms with Gasteiger partial charge in [0.05, 0.1) is 4.90 Å². The van der Waals surface area contributed by atoms with Crippen LogP contribution in [0.4, 0.5) is 13.2 Å². The lowest BCUT2D eigenvalue weighted by Gasteiger charge is -2.34. The normalized spacial score (nSPS) is 14.8. The molecule has 1 aromatic rings. The van der Waals surface area contributed by atoms with Crippen molar-refractivity contribution in [3.63, 3.8) is 0 Å². The number of alkyl halides is 3. The zero-order valence-corrected chi connectivity index (χ0v) is 18.8.